The first kappa shape index (κ1) is 33.2. The monoisotopic (exact) mass is 584 g/mol. The Balaban J connectivity index is 0.00000267. The van der Waals surface area contributed by atoms with E-state index in [1.165, 1.54) is 36.4 Å². The number of fused-ring (bicyclic) bond motifs is 1. The third-order valence-electron chi connectivity index (χ3n) is 5.05. The quantitative estimate of drug-likeness (QED) is 0.158. The largest absolute Gasteiger partial charge is 1.00 e. The average molecular weight is 585 g/mol. The molecule has 0 saturated carbocycles. The van der Waals surface area contributed by atoms with E-state index in [0.29, 0.717) is 29.1 Å². The zero-order valence-electron chi connectivity index (χ0n) is 21.2. The SMILES string of the molecule is CCOc1ccc(N=Nc2ccc(N=Nc3ccc(S(=O)(=O)[O-])cc3)c3cc(S(=O)(=O)[O-])ccc23)cc1.[Na+].[Na+]. The normalized spacial score (nSPS) is 11.9. The van der Waals surface area contributed by atoms with Crippen LogP contribution in [0.15, 0.2) is 109 Å². The van der Waals surface area contributed by atoms with Gasteiger partial charge in [-0.05, 0) is 79.7 Å². The standard InChI is InChI=1S/C24H20N4O7S2.2Na/c1-2-35-18-7-3-16(4-8-18)25-27-23-13-14-24(22-15-20(37(32,33)34)11-12-21(22)23)28-26-17-5-9-19(10-6-17)36(29,30)31;;/h3-15H,2H2,1H3,(H,29,30,31)(H,32,33,34);;/q;2*+1/p-2. The summed E-state index contributed by atoms with van der Waals surface area (Å²) in [6, 6.07) is 18.7. The predicted molar refractivity (Wildman–Crippen MR) is 132 cm³/mol. The van der Waals surface area contributed by atoms with Crippen molar-refractivity contribution in [3.8, 4) is 5.75 Å². The van der Waals surface area contributed by atoms with Crippen molar-refractivity contribution in [1.29, 1.82) is 0 Å². The van der Waals surface area contributed by atoms with Gasteiger partial charge in [0.15, 0.2) is 0 Å². The van der Waals surface area contributed by atoms with Gasteiger partial charge in [0, 0.05) is 10.8 Å². The molecular formula is C24H18N4Na2O7S2. The molecule has 4 rings (SSSR count). The molecule has 0 aromatic heterocycles. The Hall–Kier alpha value is -2.04. The molecule has 0 fully saturated rings. The first-order chi connectivity index (χ1) is 17.5. The van der Waals surface area contributed by atoms with Crippen molar-refractivity contribution < 1.29 is 89.8 Å². The molecule has 0 aliphatic heterocycles. The Labute approximate surface area is 269 Å². The Morgan fingerprint density at radius 3 is 1.56 bits per heavy atom. The minimum atomic E-state index is -4.75. The van der Waals surface area contributed by atoms with Crippen molar-refractivity contribution >= 4 is 53.8 Å². The van der Waals surface area contributed by atoms with Crippen molar-refractivity contribution in [2.45, 2.75) is 16.7 Å². The fourth-order valence-corrected chi connectivity index (χ4v) is 4.27. The molecule has 0 aliphatic rings. The summed E-state index contributed by atoms with van der Waals surface area (Å²) >= 11 is 0. The molecule has 0 unspecified atom stereocenters. The van der Waals surface area contributed by atoms with Crippen LogP contribution in [0.5, 0.6) is 5.75 Å². The molecule has 39 heavy (non-hydrogen) atoms. The molecule has 11 nitrogen and oxygen atoms in total. The van der Waals surface area contributed by atoms with E-state index in [0.717, 1.165) is 12.1 Å². The maximum Gasteiger partial charge on any atom is 1.00 e. The number of hydrogen-bond donors (Lipinski definition) is 0. The van der Waals surface area contributed by atoms with E-state index in [2.05, 4.69) is 20.5 Å². The third-order valence-corrected chi connectivity index (χ3v) is 6.73. The second-order valence-electron chi connectivity index (χ2n) is 7.54. The zero-order chi connectivity index (χ0) is 26.6. The van der Waals surface area contributed by atoms with Gasteiger partial charge in [-0.25, -0.2) is 16.8 Å². The van der Waals surface area contributed by atoms with Crippen LogP contribution in [0.1, 0.15) is 6.92 Å². The molecular weight excluding hydrogens is 566 g/mol. The fourth-order valence-electron chi connectivity index (χ4n) is 3.30. The van der Waals surface area contributed by atoms with Gasteiger partial charge in [0.1, 0.15) is 26.0 Å². The molecule has 4 aromatic rings. The van der Waals surface area contributed by atoms with Crippen molar-refractivity contribution in [3.63, 3.8) is 0 Å². The molecule has 0 atom stereocenters. The van der Waals surface area contributed by atoms with E-state index >= 15 is 0 Å². The first-order valence-electron chi connectivity index (χ1n) is 10.7. The minimum Gasteiger partial charge on any atom is -0.744 e. The van der Waals surface area contributed by atoms with Gasteiger partial charge in [-0.3, -0.25) is 0 Å². The molecule has 190 valence electrons. The van der Waals surface area contributed by atoms with Crippen LogP contribution in [0.2, 0.25) is 0 Å². The molecule has 4 aromatic carbocycles. The number of nitrogens with zero attached hydrogens (tertiary/aromatic N) is 4. The number of rotatable bonds is 8. The van der Waals surface area contributed by atoms with Crippen molar-refractivity contribution in [3.05, 3.63) is 78.9 Å². The molecule has 0 N–H and O–H groups in total. The van der Waals surface area contributed by atoms with E-state index in [-0.39, 0.29) is 75.9 Å². The van der Waals surface area contributed by atoms with Gasteiger partial charge in [-0.2, -0.15) is 10.2 Å². The van der Waals surface area contributed by atoms with Crippen LogP contribution in [0.25, 0.3) is 10.8 Å². The topological polar surface area (TPSA) is 173 Å². The molecule has 0 radical (unpaired) electrons. The Morgan fingerprint density at radius 1 is 0.615 bits per heavy atom. The number of azo groups is 2. The number of ether oxygens (including phenoxy) is 1. The zero-order valence-corrected chi connectivity index (χ0v) is 26.8. The summed E-state index contributed by atoms with van der Waals surface area (Å²) in [5, 5.41) is 17.4. The van der Waals surface area contributed by atoms with Gasteiger partial charge in [0.25, 0.3) is 0 Å². The van der Waals surface area contributed by atoms with E-state index in [1.807, 2.05) is 6.92 Å². The smallest absolute Gasteiger partial charge is 0.744 e. The van der Waals surface area contributed by atoms with Gasteiger partial charge in [-0.15, -0.1) is 10.2 Å². The Kier molecular flexibility index (Phi) is 11.9. The summed E-state index contributed by atoms with van der Waals surface area (Å²) < 4.78 is 73.5. The second kappa shape index (κ2) is 14.0. The van der Waals surface area contributed by atoms with Crippen LogP contribution in [0, 0.1) is 0 Å². The second-order valence-corrected chi connectivity index (χ2v) is 10.3. The van der Waals surface area contributed by atoms with Gasteiger partial charge >= 0.3 is 59.1 Å². The maximum atomic E-state index is 11.6. The van der Waals surface area contributed by atoms with Gasteiger partial charge in [-0.1, -0.05) is 6.07 Å². The average Bonchev–Trinajstić information content (AvgIpc) is 2.86. The van der Waals surface area contributed by atoms with Gasteiger partial charge in [0.2, 0.25) is 0 Å². The Bertz CT molecular complexity index is 1730. The van der Waals surface area contributed by atoms with Crippen LogP contribution >= 0.6 is 0 Å². The third kappa shape index (κ3) is 8.72. The molecule has 0 saturated heterocycles. The Morgan fingerprint density at radius 2 is 1.08 bits per heavy atom. The van der Waals surface area contributed by atoms with Crippen LogP contribution in [-0.2, 0) is 20.2 Å². The summed E-state index contributed by atoms with van der Waals surface area (Å²) in [7, 11) is -9.35. The van der Waals surface area contributed by atoms with Crippen LogP contribution in [-0.4, -0.2) is 32.5 Å². The fraction of sp³-hybridized carbons (Fsp3) is 0.0833. The minimum absolute atomic E-state index is 0. The first-order valence-corrected chi connectivity index (χ1v) is 13.5. The molecule has 0 bridgehead atoms. The van der Waals surface area contributed by atoms with E-state index in [9.17, 15) is 25.9 Å². The van der Waals surface area contributed by atoms with E-state index in [1.54, 1.807) is 30.3 Å². The van der Waals surface area contributed by atoms with E-state index in [4.69, 9.17) is 4.74 Å². The van der Waals surface area contributed by atoms with Crippen LogP contribution in [0.3, 0.4) is 0 Å². The summed E-state index contributed by atoms with van der Waals surface area (Å²) in [5.41, 5.74) is 1.42. The van der Waals surface area contributed by atoms with Crippen molar-refractivity contribution in [2.24, 2.45) is 20.5 Å². The maximum absolute atomic E-state index is 11.6. The predicted octanol–water partition coefficient (Wildman–Crippen LogP) is -0.114. The van der Waals surface area contributed by atoms with Crippen LogP contribution in [0.4, 0.5) is 22.7 Å². The summed E-state index contributed by atoms with van der Waals surface area (Å²) in [4.78, 5) is -0.869. The summed E-state index contributed by atoms with van der Waals surface area (Å²) in [6.07, 6.45) is 0. The van der Waals surface area contributed by atoms with Crippen LogP contribution < -0.4 is 63.9 Å². The summed E-state index contributed by atoms with van der Waals surface area (Å²) in [5.74, 6) is 0.692. The molecule has 15 heteroatoms. The van der Waals surface area contributed by atoms with Gasteiger partial charge < -0.3 is 13.8 Å². The molecule has 0 amide bonds. The van der Waals surface area contributed by atoms with Crippen molar-refractivity contribution in [2.75, 3.05) is 6.61 Å². The van der Waals surface area contributed by atoms with Gasteiger partial charge in [0.05, 0.1) is 39.1 Å². The molecule has 0 heterocycles. The van der Waals surface area contributed by atoms with Crippen molar-refractivity contribution in [1.82, 2.24) is 0 Å². The number of benzene rings is 4. The number of hydrogen-bond acceptors (Lipinski definition) is 11. The van der Waals surface area contributed by atoms with E-state index < -0.39 is 30.0 Å². The molecule has 0 spiro atoms. The summed E-state index contributed by atoms with van der Waals surface area (Å²) in [6.45, 7) is 2.41. The molecule has 0 aliphatic carbocycles.